The van der Waals surface area contributed by atoms with E-state index < -0.39 is 35.2 Å². The van der Waals surface area contributed by atoms with Crippen molar-refractivity contribution in [1.82, 2.24) is 4.90 Å². The molecule has 0 saturated carbocycles. The number of carbonyl (C=O) groups excluding carboxylic acids is 3. The molecule has 1 aromatic carbocycles. The number of hydrogen-bond donors (Lipinski definition) is 1. The fourth-order valence-corrected chi connectivity index (χ4v) is 3.57. The van der Waals surface area contributed by atoms with E-state index in [1.807, 2.05) is 0 Å². The lowest BCUT2D eigenvalue weighted by Crippen LogP contribution is -2.42. The van der Waals surface area contributed by atoms with E-state index in [4.69, 9.17) is 15.2 Å². The Morgan fingerprint density at radius 2 is 1.91 bits per heavy atom. The number of amides is 1. The molecule has 0 bridgehead atoms. The van der Waals surface area contributed by atoms with Gasteiger partial charge in [0.15, 0.2) is 17.4 Å². The first-order chi connectivity index (χ1) is 15.4. The Balaban J connectivity index is 1.73. The number of benzene rings is 1. The Morgan fingerprint density at radius 3 is 2.55 bits per heavy atom. The van der Waals surface area contributed by atoms with Crippen LogP contribution < -0.4 is 5.73 Å². The zero-order valence-corrected chi connectivity index (χ0v) is 18.7. The van der Waals surface area contributed by atoms with Crippen molar-refractivity contribution in [3.63, 3.8) is 0 Å². The molecular weight excluding hydrogens is 434 g/mol. The van der Waals surface area contributed by atoms with Gasteiger partial charge in [-0.15, -0.1) is 0 Å². The van der Waals surface area contributed by atoms with Crippen molar-refractivity contribution in [1.29, 1.82) is 0 Å². The molecule has 0 radical (unpaired) electrons. The van der Waals surface area contributed by atoms with Crippen LogP contribution in [-0.4, -0.2) is 40.7 Å². The van der Waals surface area contributed by atoms with Crippen LogP contribution in [0, 0.1) is 11.6 Å². The summed E-state index contributed by atoms with van der Waals surface area (Å²) in [5.41, 5.74) is 6.52. The van der Waals surface area contributed by atoms with Gasteiger partial charge < -0.3 is 20.1 Å². The molecule has 33 heavy (non-hydrogen) atoms. The van der Waals surface area contributed by atoms with Crippen molar-refractivity contribution < 1.29 is 32.6 Å². The first-order valence-corrected chi connectivity index (χ1v) is 10.5. The SMILES string of the molecule is CC(C)(C)OC(=O)CCC(C(N)=O)N1C=C2C=CC(=O)C(OCc3ccc(F)c(F)c3)=C2C1. The summed E-state index contributed by atoms with van der Waals surface area (Å²) in [4.78, 5) is 38.3. The average Bonchev–Trinajstić information content (AvgIpc) is 3.12. The highest BCUT2D eigenvalue weighted by molar-refractivity contribution is 6.05. The van der Waals surface area contributed by atoms with Gasteiger partial charge in [0.25, 0.3) is 0 Å². The molecule has 2 aliphatic rings. The fraction of sp³-hybridized carbons (Fsp3) is 0.375. The lowest BCUT2D eigenvalue weighted by molar-refractivity contribution is -0.155. The van der Waals surface area contributed by atoms with Gasteiger partial charge in [0.1, 0.15) is 18.2 Å². The van der Waals surface area contributed by atoms with Crippen LogP contribution in [0.4, 0.5) is 8.78 Å². The van der Waals surface area contributed by atoms with Crippen LogP contribution in [0.1, 0.15) is 39.2 Å². The van der Waals surface area contributed by atoms with Crippen molar-refractivity contribution in [2.45, 2.75) is 51.9 Å². The highest BCUT2D eigenvalue weighted by atomic mass is 19.2. The smallest absolute Gasteiger partial charge is 0.306 e. The molecule has 2 N–H and O–H groups in total. The second kappa shape index (κ2) is 9.56. The molecule has 9 heteroatoms. The van der Waals surface area contributed by atoms with Crippen molar-refractivity contribution in [2.24, 2.45) is 5.73 Å². The molecule has 1 aromatic rings. The zero-order chi connectivity index (χ0) is 24.3. The molecule has 176 valence electrons. The molecule has 1 unspecified atom stereocenters. The number of esters is 1. The standard InChI is InChI=1S/C24H26F2N2O5/c1-24(2,3)33-21(30)9-7-19(23(27)31)28-11-15-5-8-20(29)22(16(15)12-28)32-13-14-4-6-17(25)18(26)10-14/h4-6,8,10-11,19H,7,9,12-13H2,1-3H3,(H2,27,31). The van der Waals surface area contributed by atoms with Crippen LogP contribution in [0.5, 0.6) is 0 Å². The van der Waals surface area contributed by atoms with E-state index in [0.29, 0.717) is 16.7 Å². The minimum Gasteiger partial charge on any atom is -0.484 e. The van der Waals surface area contributed by atoms with E-state index in [-0.39, 0.29) is 37.5 Å². The summed E-state index contributed by atoms with van der Waals surface area (Å²) in [6.07, 6.45) is 4.76. The Bertz CT molecular complexity index is 1070. The highest BCUT2D eigenvalue weighted by Gasteiger charge is 2.33. The number of primary amides is 1. The lowest BCUT2D eigenvalue weighted by atomic mass is 10.00. The maximum absolute atomic E-state index is 13.5. The van der Waals surface area contributed by atoms with Crippen LogP contribution in [0.3, 0.4) is 0 Å². The third kappa shape index (κ3) is 6.06. The molecular formula is C24H26F2N2O5. The molecule has 1 atom stereocenters. The van der Waals surface area contributed by atoms with E-state index in [9.17, 15) is 23.2 Å². The van der Waals surface area contributed by atoms with Gasteiger partial charge in [-0.2, -0.15) is 0 Å². The van der Waals surface area contributed by atoms with Crippen molar-refractivity contribution in [3.8, 4) is 0 Å². The molecule has 1 heterocycles. The Morgan fingerprint density at radius 1 is 1.18 bits per heavy atom. The molecule has 1 aliphatic heterocycles. The minimum atomic E-state index is -1.01. The lowest BCUT2D eigenvalue weighted by Gasteiger charge is -2.26. The van der Waals surface area contributed by atoms with Gasteiger partial charge in [0, 0.05) is 24.7 Å². The van der Waals surface area contributed by atoms with E-state index >= 15 is 0 Å². The number of hydrogen-bond acceptors (Lipinski definition) is 6. The molecule has 0 aromatic heterocycles. The Kier molecular flexibility index (Phi) is 7.00. The van der Waals surface area contributed by atoms with Crippen molar-refractivity contribution >= 4 is 17.7 Å². The first kappa shape index (κ1) is 24.2. The number of ketones is 1. The normalized spacial score (nSPS) is 16.5. The van der Waals surface area contributed by atoms with Gasteiger partial charge in [-0.1, -0.05) is 6.07 Å². The number of fused-ring (bicyclic) bond motifs is 1. The second-order valence-corrected chi connectivity index (χ2v) is 8.84. The van der Waals surface area contributed by atoms with E-state index in [2.05, 4.69) is 0 Å². The summed E-state index contributed by atoms with van der Waals surface area (Å²) < 4.78 is 37.5. The molecule has 1 aliphatic carbocycles. The summed E-state index contributed by atoms with van der Waals surface area (Å²) in [6.45, 7) is 5.29. The number of nitrogens with two attached hydrogens (primary N) is 1. The summed E-state index contributed by atoms with van der Waals surface area (Å²) >= 11 is 0. The molecule has 0 saturated heterocycles. The van der Waals surface area contributed by atoms with E-state index in [1.54, 1.807) is 37.9 Å². The van der Waals surface area contributed by atoms with Crippen LogP contribution in [0.2, 0.25) is 0 Å². The number of rotatable bonds is 8. The first-order valence-electron chi connectivity index (χ1n) is 10.5. The summed E-state index contributed by atoms with van der Waals surface area (Å²) in [5.74, 6) is -3.36. The predicted octanol–water partition coefficient (Wildman–Crippen LogP) is 3.05. The van der Waals surface area contributed by atoms with Gasteiger partial charge >= 0.3 is 5.97 Å². The average molecular weight is 460 g/mol. The largest absolute Gasteiger partial charge is 0.484 e. The topological polar surface area (TPSA) is 98.9 Å². The summed E-state index contributed by atoms with van der Waals surface area (Å²) in [6, 6.07) is 2.56. The second-order valence-electron chi connectivity index (χ2n) is 8.84. The van der Waals surface area contributed by atoms with Crippen LogP contribution in [-0.2, 0) is 30.5 Å². The zero-order valence-electron chi connectivity index (χ0n) is 18.7. The van der Waals surface area contributed by atoms with Crippen LogP contribution in [0.25, 0.3) is 0 Å². The van der Waals surface area contributed by atoms with Gasteiger partial charge in [-0.25, -0.2) is 8.78 Å². The number of allylic oxidation sites excluding steroid dienone is 2. The van der Waals surface area contributed by atoms with E-state index in [0.717, 1.165) is 12.1 Å². The predicted molar refractivity (Wildman–Crippen MR) is 115 cm³/mol. The fourth-order valence-electron chi connectivity index (χ4n) is 3.57. The molecule has 7 nitrogen and oxygen atoms in total. The monoisotopic (exact) mass is 460 g/mol. The maximum Gasteiger partial charge on any atom is 0.306 e. The maximum atomic E-state index is 13.5. The number of nitrogens with zero attached hydrogens (tertiary/aromatic N) is 1. The third-order valence-corrected chi connectivity index (χ3v) is 5.04. The third-order valence-electron chi connectivity index (χ3n) is 5.04. The van der Waals surface area contributed by atoms with Crippen LogP contribution >= 0.6 is 0 Å². The Hall–Kier alpha value is -3.49. The molecule has 0 spiro atoms. The quantitative estimate of drug-likeness (QED) is 0.599. The van der Waals surface area contributed by atoms with Crippen molar-refractivity contribution in [3.05, 3.63) is 70.7 Å². The molecule has 3 rings (SSSR count). The van der Waals surface area contributed by atoms with Gasteiger partial charge in [-0.3, -0.25) is 14.4 Å². The van der Waals surface area contributed by atoms with Gasteiger partial charge in [0.2, 0.25) is 11.7 Å². The number of carbonyl (C=O) groups is 3. The number of halogens is 2. The van der Waals surface area contributed by atoms with Crippen molar-refractivity contribution in [2.75, 3.05) is 6.54 Å². The Labute approximate surface area is 190 Å². The molecule has 0 fully saturated rings. The van der Waals surface area contributed by atoms with Gasteiger partial charge in [-0.05, 0) is 62.6 Å². The van der Waals surface area contributed by atoms with Gasteiger partial charge in [0.05, 0.1) is 0 Å². The summed E-state index contributed by atoms with van der Waals surface area (Å²) in [7, 11) is 0. The minimum absolute atomic E-state index is 0.00213. The molecule has 1 amide bonds. The van der Waals surface area contributed by atoms with Crippen LogP contribution in [0.15, 0.2) is 53.5 Å². The van der Waals surface area contributed by atoms with E-state index in [1.165, 1.54) is 12.1 Å². The summed E-state index contributed by atoms with van der Waals surface area (Å²) in [5, 5.41) is 0. The highest BCUT2D eigenvalue weighted by Crippen LogP contribution is 2.32. The number of ether oxygens (including phenoxy) is 2.